The van der Waals surface area contributed by atoms with Gasteiger partial charge >= 0.3 is 0 Å². The molecule has 1 fully saturated rings. The van der Waals surface area contributed by atoms with Gasteiger partial charge in [-0.15, -0.1) is 0 Å². The second kappa shape index (κ2) is 6.16. The summed E-state index contributed by atoms with van der Waals surface area (Å²) in [6.45, 7) is 0.529. The summed E-state index contributed by atoms with van der Waals surface area (Å²) in [6, 6.07) is 3.70. The summed E-state index contributed by atoms with van der Waals surface area (Å²) < 4.78 is 1.86. The standard InChI is InChI=1S/C16H22N4O/c1-20-11-14(15(19-20)12-6-3-2-4-7-12)18-10-13-8-5-9-17-16(13)21/h5,8-9,11-12,18H,2-4,6-7,10H2,1H3,(H,17,21). The van der Waals surface area contributed by atoms with Crippen molar-refractivity contribution in [1.29, 1.82) is 0 Å². The number of hydrogen-bond donors (Lipinski definition) is 2. The number of aromatic amines is 1. The van der Waals surface area contributed by atoms with E-state index in [2.05, 4.69) is 15.4 Å². The Morgan fingerprint density at radius 2 is 2.19 bits per heavy atom. The van der Waals surface area contributed by atoms with Crippen molar-refractivity contribution in [1.82, 2.24) is 14.8 Å². The van der Waals surface area contributed by atoms with E-state index in [-0.39, 0.29) is 5.56 Å². The smallest absolute Gasteiger partial charge is 0.252 e. The molecule has 2 N–H and O–H groups in total. The maximum atomic E-state index is 11.7. The lowest BCUT2D eigenvalue weighted by molar-refractivity contribution is 0.434. The Hall–Kier alpha value is -2.04. The zero-order chi connectivity index (χ0) is 14.7. The molecule has 1 saturated carbocycles. The van der Waals surface area contributed by atoms with E-state index >= 15 is 0 Å². The van der Waals surface area contributed by atoms with E-state index in [9.17, 15) is 4.79 Å². The van der Waals surface area contributed by atoms with Gasteiger partial charge in [0.1, 0.15) is 0 Å². The summed E-state index contributed by atoms with van der Waals surface area (Å²) in [5.41, 5.74) is 2.93. The zero-order valence-corrected chi connectivity index (χ0v) is 12.4. The molecule has 0 atom stereocenters. The van der Waals surface area contributed by atoms with Crippen LogP contribution < -0.4 is 10.9 Å². The number of aryl methyl sites for hydroxylation is 1. The minimum absolute atomic E-state index is 0.0342. The van der Waals surface area contributed by atoms with Crippen LogP contribution in [-0.4, -0.2) is 14.8 Å². The van der Waals surface area contributed by atoms with Crippen molar-refractivity contribution in [3.8, 4) is 0 Å². The van der Waals surface area contributed by atoms with Crippen LogP contribution in [0.3, 0.4) is 0 Å². The Morgan fingerprint density at radius 3 is 2.95 bits per heavy atom. The van der Waals surface area contributed by atoms with Crippen molar-refractivity contribution in [2.45, 2.75) is 44.6 Å². The molecule has 2 aromatic rings. The Bertz CT molecular complexity index is 652. The number of anilines is 1. The monoisotopic (exact) mass is 286 g/mol. The van der Waals surface area contributed by atoms with Gasteiger partial charge in [-0.2, -0.15) is 5.10 Å². The molecular weight excluding hydrogens is 264 g/mol. The van der Waals surface area contributed by atoms with E-state index in [1.54, 1.807) is 6.20 Å². The van der Waals surface area contributed by atoms with Crippen LogP contribution in [0.4, 0.5) is 5.69 Å². The van der Waals surface area contributed by atoms with Crippen molar-refractivity contribution >= 4 is 5.69 Å². The van der Waals surface area contributed by atoms with Crippen LogP contribution in [0.15, 0.2) is 29.3 Å². The third-order valence-corrected chi connectivity index (χ3v) is 4.22. The molecule has 1 aliphatic rings. The first kappa shape index (κ1) is 13.9. The summed E-state index contributed by atoms with van der Waals surface area (Å²) in [5, 5.41) is 8.02. The van der Waals surface area contributed by atoms with E-state index < -0.39 is 0 Å². The third-order valence-electron chi connectivity index (χ3n) is 4.22. The Balaban J connectivity index is 1.76. The normalized spacial score (nSPS) is 16.0. The van der Waals surface area contributed by atoms with Crippen molar-refractivity contribution in [3.05, 3.63) is 46.1 Å². The summed E-state index contributed by atoms with van der Waals surface area (Å²) in [6.07, 6.45) is 10.0. The molecule has 0 aromatic carbocycles. The molecule has 5 nitrogen and oxygen atoms in total. The van der Waals surface area contributed by atoms with Crippen LogP contribution in [0, 0.1) is 0 Å². The van der Waals surface area contributed by atoms with Crippen LogP contribution in [0.2, 0.25) is 0 Å². The highest BCUT2D eigenvalue weighted by Crippen LogP contribution is 2.35. The van der Waals surface area contributed by atoms with Gasteiger partial charge in [-0.1, -0.05) is 25.3 Å². The molecule has 0 amide bonds. The molecule has 0 saturated heterocycles. The maximum absolute atomic E-state index is 11.7. The van der Waals surface area contributed by atoms with Gasteiger partial charge in [0.25, 0.3) is 5.56 Å². The quantitative estimate of drug-likeness (QED) is 0.908. The molecule has 112 valence electrons. The van der Waals surface area contributed by atoms with Gasteiger partial charge in [0.2, 0.25) is 0 Å². The van der Waals surface area contributed by atoms with Gasteiger partial charge in [-0.25, -0.2) is 0 Å². The molecule has 0 radical (unpaired) electrons. The molecule has 21 heavy (non-hydrogen) atoms. The molecule has 5 heteroatoms. The second-order valence-corrected chi connectivity index (χ2v) is 5.81. The molecule has 2 heterocycles. The molecule has 0 unspecified atom stereocenters. The highest BCUT2D eigenvalue weighted by Gasteiger charge is 2.21. The summed E-state index contributed by atoms with van der Waals surface area (Å²) in [5.74, 6) is 0.552. The number of hydrogen-bond acceptors (Lipinski definition) is 3. The Morgan fingerprint density at radius 1 is 1.38 bits per heavy atom. The van der Waals surface area contributed by atoms with E-state index in [1.165, 1.54) is 32.1 Å². The van der Waals surface area contributed by atoms with Crippen LogP contribution in [0.5, 0.6) is 0 Å². The number of H-pyrrole nitrogens is 1. The van der Waals surface area contributed by atoms with Gasteiger partial charge in [0.05, 0.1) is 11.4 Å². The molecular formula is C16H22N4O. The SMILES string of the molecule is Cn1cc(NCc2ccc[nH]c2=O)c(C2CCCCC2)n1. The van der Waals surface area contributed by atoms with Gasteiger partial charge in [0.15, 0.2) is 0 Å². The predicted molar refractivity (Wildman–Crippen MR) is 83.4 cm³/mol. The highest BCUT2D eigenvalue weighted by atomic mass is 16.1. The molecule has 0 spiro atoms. The van der Waals surface area contributed by atoms with Gasteiger partial charge in [0, 0.05) is 37.5 Å². The topological polar surface area (TPSA) is 62.7 Å². The lowest BCUT2D eigenvalue weighted by Gasteiger charge is -2.21. The van der Waals surface area contributed by atoms with Crippen LogP contribution in [-0.2, 0) is 13.6 Å². The largest absolute Gasteiger partial charge is 0.378 e. The minimum atomic E-state index is -0.0342. The fourth-order valence-electron chi connectivity index (χ4n) is 3.11. The van der Waals surface area contributed by atoms with Gasteiger partial charge in [-0.05, 0) is 18.9 Å². The number of pyridine rings is 1. The first-order chi connectivity index (χ1) is 10.2. The zero-order valence-electron chi connectivity index (χ0n) is 12.4. The van der Waals surface area contributed by atoms with Crippen molar-refractivity contribution in [2.24, 2.45) is 7.05 Å². The number of nitrogens with one attached hydrogen (secondary N) is 2. The molecule has 0 bridgehead atoms. The lowest BCUT2D eigenvalue weighted by Crippen LogP contribution is -2.15. The number of rotatable bonds is 4. The number of nitrogens with zero attached hydrogens (tertiary/aromatic N) is 2. The third kappa shape index (κ3) is 3.17. The van der Waals surface area contributed by atoms with E-state index in [0.29, 0.717) is 12.5 Å². The first-order valence-electron chi connectivity index (χ1n) is 7.68. The Labute approximate surface area is 124 Å². The molecule has 1 aliphatic carbocycles. The van der Waals surface area contributed by atoms with Crippen LogP contribution in [0.25, 0.3) is 0 Å². The maximum Gasteiger partial charge on any atom is 0.252 e. The fraction of sp³-hybridized carbons (Fsp3) is 0.500. The van der Waals surface area contributed by atoms with E-state index in [1.807, 2.05) is 30.1 Å². The highest BCUT2D eigenvalue weighted by molar-refractivity contribution is 5.48. The van der Waals surface area contributed by atoms with Crippen molar-refractivity contribution in [2.75, 3.05) is 5.32 Å². The van der Waals surface area contributed by atoms with E-state index in [0.717, 1.165) is 16.9 Å². The molecule has 3 rings (SSSR count). The predicted octanol–water partition coefficient (Wildman–Crippen LogP) is 2.77. The molecule has 0 aliphatic heterocycles. The second-order valence-electron chi connectivity index (χ2n) is 5.81. The van der Waals surface area contributed by atoms with Crippen molar-refractivity contribution < 1.29 is 0 Å². The van der Waals surface area contributed by atoms with Crippen LogP contribution >= 0.6 is 0 Å². The van der Waals surface area contributed by atoms with Gasteiger partial charge < -0.3 is 10.3 Å². The van der Waals surface area contributed by atoms with Gasteiger partial charge in [-0.3, -0.25) is 9.48 Å². The van der Waals surface area contributed by atoms with Crippen molar-refractivity contribution in [3.63, 3.8) is 0 Å². The Kier molecular flexibility index (Phi) is 4.08. The molecule has 2 aromatic heterocycles. The van der Waals surface area contributed by atoms with Crippen LogP contribution in [0.1, 0.15) is 49.3 Å². The van der Waals surface area contributed by atoms with E-state index in [4.69, 9.17) is 0 Å². The minimum Gasteiger partial charge on any atom is -0.378 e. The summed E-state index contributed by atoms with van der Waals surface area (Å²) in [7, 11) is 1.95. The average Bonchev–Trinajstić information content (AvgIpc) is 2.88. The average molecular weight is 286 g/mol. The lowest BCUT2D eigenvalue weighted by atomic mass is 9.86. The number of aromatic nitrogens is 3. The summed E-state index contributed by atoms with van der Waals surface area (Å²) in [4.78, 5) is 14.4. The fourth-order valence-corrected chi connectivity index (χ4v) is 3.11. The first-order valence-corrected chi connectivity index (χ1v) is 7.68. The summed E-state index contributed by atoms with van der Waals surface area (Å²) >= 11 is 0.